The third-order valence-electron chi connectivity index (χ3n) is 6.43. The molecule has 2 aromatic heterocycles. The summed E-state index contributed by atoms with van der Waals surface area (Å²) in [7, 11) is 1.85. The van der Waals surface area contributed by atoms with Gasteiger partial charge in [0.1, 0.15) is 17.5 Å². The molecule has 3 aromatic carbocycles. The zero-order valence-electron chi connectivity index (χ0n) is 22.3. The van der Waals surface area contributed by atoms with E-state index in [1.807, 2.05) is 88.5 Å². The summed E-state index contributed by atoms with van der Waals surface area (Å²) >= 11 is 0. The van der Waals surface area contributed by atoms with Gasteiger partial charge in [-0.15, -0.1) is 0 Å². The molecule has 200 valence electrons. The van der Waals surface area contributed by atoms with Crippen molar-refractivity contribution >= 4 is 29.0 Å². The normalized spacial score (nSPS) is 11.4. The Morgan fingerprint density at radius 2 is 1.77 bits per heavy atom. The number of carbonyl (C=O) groups is 2. The van der Waals surface area contributed by atoms with Gasteiger partial charge in [0.05, 0.1) is 11.9 Å². The lowest BCUT2D eigenvalue weighted by molar-refractivity contribution is -0.136. The molecule has 1 unspecified atom stereocenters. The van der Waals surface area contributed by atoms with E-state index >= 15 is 0 Å². The fourth-order valence-electron chi connectivity index (χ4n) is 4.51. The van der Waals surface area contributed by atoms with Crippen LogP contribution in [0.2, 0.25) is 0 Å². The van der Waals surface area contributed by atoms with Gasteiger partial charge in [-0.1, -0.05) is 65.8 Å². The van der Waals surface area contributed by atoms with Gasteiger partial charge in [0.25, 0.3) is 6.47 Å². The van der Waals surface area contributed by atoms with E-state index in [0.29, 0.717) is 12.2 Å². The lowest BCUT2D eigenvalue weighted by atomic mass is 9.96. The van der Waals surface area contributed by atoms with Gasteiger partial charge in [-0.2, -0.15) is 0 Å². The molecule has 8 nitrogen and oxygen atoms in total. The number of carbonyl (C=O) groups excluding carboxylic acids is 1. The number of carboxylic acid groups (broad SMARTS) is 1. The molecule has 1 atom stereocenters. The molecule has 0 fully saturated rings. The minimum atomic E-state index is -0.830. The summed E-state index contributed by atoms with van der Waals surface area (Å²) in [5.41, 5.74) is 8.57. The van der Waals surface area contributed by atoms with Gasteiger partial charge < -0.3 is 24.7 Å². The Balaban J connectivity index is 0.000000270. The highest BCUT2D eigenvalue weighted by molar-refractivity contribution is 6.04. The second-order valence-electron chi connectivity index (χ2n) is 9.18. The van der Waals surface area contributed by atoms with E-state index < -0.39 is 5.97 Å². The van der Waals surface area contributed by atoms with E-state index in [1.165, 1.54) is 0 Å². The summed E-state index contributed by atoms with van der Waals surface area (Å²) in [5.74, 6) is -0.126. The molecule has 0 amide bonds. The van der Waals surface area contributed by atoms with Crippen molar-refractivity contribution in [1.29, 1.82) is 0 Å². The molecular formula is C31H31N3O5. The Labute approximate surface area is 226 Å². The van der Waals surface area contributed by atoms with Crippen molar-refractivity contribution < 1.29 is 24.0 Å². The maximum absolute atomic E-state index is 10.9. The molecule has 5 aromatic rings. The number of ether oxygens (including phenoxy) is 1. The molecule has 0 aliphatic carbocycles. The second kappa shape index (κ2) is 12.1. The molecule has 39 heavy (non-hydrogen) atoms. The molecule has 0 saturated carbocycles. The Bertz CT molecular complexity index is 1570. The number of aliphatic carboxylic acids is 1. The number of fused-ring (bicyclic) bond motifs is 1. The summed E-state index contributed by atoms with van der Waals surface area (Å²) in [6.07, 6.45) is -0.121. The monoisotopic (exact) mass is 525 g/mol. The van der Waals surface area contributed by atoms with E-state index in [-0.39, 0.29) is 12.5 Å². The quantitative estimate of drug-likeness (QED) is 0.193. The number of nitrogens with zero attached hydrogens (tertiary/aromatic N) is 1. The highest BCUT2D eigenvalue weighted by Crippen LogP contribution is 2.39. The molecule has 0 aliphatic heterocycles. The van der Waals surface area contributed by atoms with Crippen LogP contribution < -0.4 is 5.32 Å². The van der Waals surface area contributed by atoms with Gasteiger partial charge in [0, 0.05) is 23.7 Å². The number of hydrogen-bond donors (Lipinski definition) is 3. The second-order valence-corrected chi connectivity index (χ2v) is 9.18. The van der Waals surface area contributed by atoms with E-state index in [0.717, 1.165) is 55.8 Å². The maximum atomic E-state index is 10.9. The first-order chi connectivity index (χ1) is 18.8. The minimum absolute atomic E-state index is 0.0233. The van der Waals surface area contributed by atoms with Gasteiger partial charge >= 0.3 is 5.97 Å². The largest absolute Gasteiger partial charge is 0.481 e. The number of carboxylic acids is 1. The highest BCUT2D eigenvalue weighted by Gasteiger charge is 2.19. The van der Waals surface area contributed by atoms with Crippen molar-refractivity contribution in [1.82, 2.24) is 10.1 Å². The van der Waals surface area contributed by atoms with Crippen LogP contribution >= 0.6 is 0 Å². The van der Waals surface area contributed by atoms with Crippen LogP contribution in [-0.4, -0.2) is 34.7 Å². The molecule has 3 N–H and O–H groups in total. The third-order valence-corrected chi connectivity index (χ3v) is 6.43. The first kappa shape index (κ1) is 27.2. The number of aromatic nitrogens is 2. The van der Waals surface area contributed by atoms with Crippen molar-refractivity contribution in [2.75, 3.05) is 12.4 Å². The average molecular weight is 526 g/mol. The fraction of sp³-hybridized carbons (Fsp3) is 0.194. The van der Waals surface area contributed by atoms with Crippen LogP contribution in [-0.2, 0) is 20.7 Å². The van der Waals surface area contributed by atoms with Crippen LogP contribution in [0.4, 0.5) is 5.69 Å². The topological polar surface area (TPSA) is 117 Å². The lowest BCUT2D eigenvalue weighted by Crippen LogP contribution is -1.99. The average Bonchev–Trinajstić information content (AvgIpc) is 3.51. The summed E-state index contributed by atoms with van der Waals surface area (Å²) in [4.78, 5) is 24.3. The minimum Gasteiger partial charge on any atom is -0.481 e. The molecule has 0 saturated heterocycles. The fourth-order valence-corrected chi connectivity index (χ4v) is 4.51. The van der Waals surface area contributed by atoms with Gasteiger partial charge in [-0.05, 0) is 55.2 Å². The zero-order valence-corrected chi connectivity index (χ0v) is 22.3. The predicted octanol–water partition coefficient (Wildman–Crippen LogP) is 6.70. The van der Waals surface area contributed by atoms with Crippen molar-refractivity contribution in [3.63, 3.8) is 0 Å². The molecule has 0 aliphatic rings. The van der Waals surface area contributed by atoms with Crippen molar-refractivity contribution in [3.8, 4) is 22.5 Å². The van der Waals surface area contributed by atoms with Crippen LogP contribution in [0.5, 0.6) is 0 Å². The van der Waals surface area contributed by atoms with Crippen LogP contribution in [0.1, 0.15) is 35.5 Å². The predicted molar refractivity (Wildman–Crippen MR) is 152 cm³/mol. The number of hydrogen-bond acceptors (Lipinski definition) is 6. The molecule has 0 spiro atoms. The van der Waals surface area contributed by atoms with Crippen LogP contribution in [0, 0.1) is 13.8 Å². The number of benzene rings is 3. The molecule has 0 radical (unpaired) electrons. The summed E-state index contributed by atoms with van der Waals surface area (Å²) in [6.45, 7) is 6.23. The van der Waals surface area contributed by atoms with Crippen LogP contribution in [0.15, 0.2) is 77.3 Å². The Hall–Kier alpha value is -4.85. The van der Waals surface area contributed by atoms with E-state index in [4.69, 9.17) is 14.4 Å². The Morgan fingerprint density at radius 3 is 2.41 bits per heavy atom. The summed E-state index contributed by atoms with van der Waals surface area (Å²) < 4.78 is 10.3. The van der Waals surface area contributed by atoms with E-state index in [2.05, 4.69) is 27.6 Å². The molecule has 2 heterocycles. The van der Waals surface area contributed by atoms with Crippen molar-refractivity contribution in [3.05, 3.63) is 95.3 Å². The zero-order chi connectivity index (χ0) is 27.9. The number of rotatable bonds is 8. The van der Waals surface area contributed by atoms with E-state index in [9.17, 15) is 9.59 Å². The number of nitrogens with one attached hydrogen (secondary N) is 2. The number of aryl methyl sites for hydroxylation is 2. The first-order valence-corrected chi connectivity index (χ1v) is 12.5. The number of H-pyrrole nitrogens is 1. The van der Waals surface area contributed by atoms with Gasteiger partial charge in [-0.25, -0.2) is 0 Å². The van der Waals surface area contributed by atoms with E-state index in [1.54, 1.807) is 0 Å². The molecule has 0 bridgehead atoms. The standard InChI is InChI=1S/C22H21N3O3.C9H10O2/c1-12-10-18-16(15-6-4-14(5-7-15)11-19(26)27)8-9-17(21(18)24-12)22-20(23-3)13(2)25-28-22;1-8(11-7-10)9-5-3-2-4-6-9/h4-10,23-24H,11H2,1-3H3,(H,26,27);2-8H,1H3. The highest BCUT2D eigenvalue weighted by atomic mass is 16.5. The van der Waals surface area contributed by atoms with Crippen LogP contribution in [0.25, 0.3) is 33.4 Å². The summed E-state index contributed by atoms with van der Waals surface area (Å²) in [6, 6.07) is 23.5. The molecule has 8 heteroatoms. The SMILES string of the molecule is CC(OC=O)c1ccccc1.CNc1c(C)noc1-c1ccc(-c2ccc(CC(=O)O)cc2)c2cc(C)[nH]c12. The Kier molecular flexibility index (Phi) is 8.46. The van der Waals surface area contributed by atoms with Crippen molar-refractivity contribution in [2.45, 2.75) is 33.3 Å². The number of anilines is 1. The maximum Gasteiger partial charge on any atom is 0.307 e. The lowest BCUT2D eigenvalue weighted by Gasteiger charge is -2.09. The molecular weight excluding hydrogens is 494 g/mol. The number of aromatic amines is 1. The first-order valence-electron chi connectivity index (χ1n) is 12.5. The van der Waals surface area contributed by atoms with Crippen LogP contribution in [0.3, 0.4) is 0 Å². The summed E-state index contributed by atoms with van der Waals surface area (Å²) in [5, 5.41) is 17.3. The van der Waals surface area contributed by atoms with Gasteiger partial charge in [-0.3, -0.25) is 9.59 Å². The smallest absolute Gasteiger partial charge is 0.307 e. The third kappa shape index (κ3) is 6.18. The van der Waals surface area contributed by atoms with Gasteiger partial charge in [0.15, 0.2) is 5.76 Å². The molecule has 5 rings (SSSR count). The Morgan fingerprint density at radius 1 is 1.08 bits per heavy atom. The van der Waals surface area contributed by atoms with Crippen molar-refractivity contribution in [2.24, 2.45) is 0 Å². The van der Waals surface area contributed by atoms with Gasteiger partial charge in [0.2, 0.25) is 0 Å².